The minimum absolute atomic E-state index is 0.230. The topological polar surface area (TPSA) is 48.1 Å². The molecule has 0 bridgehead atoms. The summed E-state index contributed by atoms with van der Waals surface area (Å²) in [5, 5.41) is 4.29. The number of likely N-dealkylation sites (tertiary alicyclic amines) is 1. The molecule has 1 aliphatic rings. The van der Waals surface area contributed by atoms with Crippen LogP contribution in [-0.4, -0.2) is 49.5 Å². The predicted molar refractivity (Wildman–Crippen MR) is 88.9 cm³/mol. The molecule has 0 saturated carbocycles. The zero-order valence-electron chi connectivity index (χ0n) is 13.9. The predicted octanol–water partition coefficient (Wildman–Crippen LogP) is 1.54. The van der Waals surface area contributed by atoms with Crippen LogP contribution in [0.15, 0.2) is 37.4 Å². The van der Waals surface area contributed by atoms with Gasteiger partial charge in [-0.25, -0.2) is 4.98 Å². The lowest BCUT2D eigenvalue weighted by atomic mass is 10.0. The number of hydrogen-bond acceptors (Lipinski definition) is 4. The molecular formula is C17H25N5O. The highest BCUT2D eigenvalue weighted by molar-refractivity contribution is 5.09. The van der Waals surface area contributed by atoms with Crippen LogP contribution < -0.4 is 0 Å². The molecule has 0 N–H and O–H groups in total. The minimum atomic E-state index is 0.230. The standard InChI is InChI=1S/C17H25N5O/c1-4-9-23-16-5-7-22(13-17-18-6-8-20(17)2)15(16)10-14-11-19-21(3)12-14/h4,6,8,11-12,15-16H,1,5,7,9-10,13H2,2-3H3/t15-,16+/m0/s1. The van der Waals surface area contributed by atoms with E-state index in [0.29, 0.717) is 12.6 Å². The Bertz CT molecular complexity index is 647. The molecule has 6 heteroatoms. The first kappa shape index (κ1) is 16.0. The molecule has 2 aromatic rings. The summed E-state index contributed by atoms with van der Waals surface area (Å²) >= 11 is 0. The molecule has 0 aromatic carbocycles. The molecule has 6 nitrogen and oxygen atoms in total. The lowest BCUT2D eigenvalue weighted by Crippen LogP contribution is -2.38. The average molecular weight is 315 g/mol. The van der Waals surface area contributed by atoms with Gasteiger partial charge in [-0.2, -0.15) is 5.10 Å². The summed E-state index contributed by atoms with van der Waals surface area (Å²) in [6, 6.07) is 0.343. The first-order valence-electron chi connectivity index (χ1n) is 8.07. The molecule has 2 atom stereocenters. The Balaban J connectivity index is 1.73. The lowest BCUT2D eigenvalue weighted by molar-refractivity contribution is 0.0415. The van der Waals surface area contributed by atoms with Gasteiger partial charge in [0, 0.05) is 45.3 Å². The summed E-state index contributed by atoms with van der Waals surface area (Å²) in [6.45, 7) is 6.24. The van der Waals surface area contributed by atoms with E-state index < -0.39 is 0 Å². The number of aromatic nitrogens is 4. The molecule has 1 aliphatic heterocycles. The number of hydrogen-bond donors (Lipinski definition) is 0. The summed E-state index contributed by atoms with van der Waals surface area (Å²) in [5.74, 6) is 1.09. The third-order valence-electron chi connectivity index (χ3n) is 4.50. The van der Waals surface area contributed by atoms with E-state index >= 15 is 0 Å². The summed E-state index contributed by atoms with van der Waals surface area (Å²) in [4.78, 5) is 6.94. The zero-order chi connectivity index (χ0) is 16.2. The number of imidazole rings is 1. The summed E-state index contributed by atoms with van der Waals surface area (Å²) in [5.41, 5.74) is 1.25. The SMILES string of the molecule is C=CCO[C@@H]1CCN(Cc2nccn2C)[C@H]1Cc1cnn(C)c1. The summed E-state index contributed by atoms with van der Waals surface area (Å²) < 4.78 is 9.95. The average Bonchev–Trinajstić information content (AvgIpc) is 3.22. The van der Waals surface area contributed by atoms with E-state index in [4.69, 9.17) is 4.74 Å². The second-order valence-corrected chi connectivity index (χ2v) is 6.17. The molecule has 0 unspecified atom stereocenters. The van der Waals surface area contributed by atoms with Crippen LogP contribution in [0.2, 0.25) is 0 Å². The molecule has 3 rings (SSSR count). The normalized spacial score (nSPS) is 21.8. The molecule has 3 heterocycles. The molecule has 0 aliphatic carbocycles. The fourth-order valence-electron chi connectivity index (χ4n) is 3.28. The van der Waals surface area contributed by atoms with Crippen LogP contribution in [0.4, 0.5) is 0 Å². The second-order valence-electron chi connectivity index (χ2n) is 6.17. The first-order chi connectivity index (χ1) is 11.2. The third-order valence-corrected chi connectivity index (χ3v) is 4.50. The minimum Gasteiger partial charge on any atom is -0.372 e. The van der Waals surface area contributed by atoms with E-state index in [1.807, 2.05) is 43.4 Å². The van der Waals surface area contributed by atoms with Crippen LogP contribution in [0, 0.1) is 0 Å². The smallest absolute Gasteiger partial charge is 0.122 e. The van der Waals surface area contributed by atoms with Crippen LogP contribution >= 0.6 is 0 Å². The van der Waals surface area contributed by atoms with Gasteiger partial charge < -0.3 is 9.30 Å². The van der Waals surface area contributed by atoms with Gasteiger partial charge in [0.2, 0.25) is 0 Å². The van der Waals surface area contributed by atoms with Crippen molar-refractivity contribution < 1.29 is 4.74 Å². The van der Waals surface area contributed by atoms with Crippen LogP contribution in [-0.2, 0) is 31.8 Å². The molecule has 23 heavy (non-hydrogen) atoms. The maximum Gasteiger partial charge on any atom is 0.122 e. The van der Waals surface area contributed by atoms with Crippen molar-refractivity contribution in [3.63, 3.8) is 0 Å². The Morgan fingerprint density at radius 3 is 2.96 bits per heavy atom. The molecule has 1 fully saturated rings. The van der Waals surface area contributed by atoms with E-state index in [1.165, 1.54) is 5.56 Å². The monoisotopic (exact) mass is 315 g/mol. The van der Waals surface area contributed by atoms with Crippen LogP contribution in [0.5, 0.6) is 0 Å². The van der Waals surface area contributed by atoms with E-state index in [-0.39, 0.29) is 6.10 Å². The van der Waals surface area contributed by atoms with Crippen molar-refractivity contribution in [1.82, 2.24) is 24.2 Å². The lowest BCUT2D eigenvalue weighted by Gasteiger charge is -2.27. The van der Waals surface area contributed by atoms with Gasteiger partial charge in [-0.1, -0.05) is 6.08 Å². The van der Waals surface area contributed by atoms with E-state index in [2.05, 4.69) is 32.3 Å². The van der Waals surface area contributed by atoms with Gasteiger partial charge in [0.25, 0.3) is 0 Å². The highest BCUT2D eigenvalue weighted by atomic mass is 16.5. The van der Waals surface area contributed by atoms with Gasteiger partial charge in [0.1, 0.15) is 5.82 Å². The van der Waals surface area contributed by atoms with E-state index in [1.54, 1.807) is 0 Å². The van der Waals surface area contributed by atoms with Crippen LogP contribution in [0.1, 0.15) is 17.8 Å². The molecular weight excluding hydrogens is 290 g/mol. The van der Waals surface area contributed by atoms with Gasteiger partial charge in [-0.05, 0) is 18.4 Å². The van der Waals surface area contributed by atoms with E-state index in [0.717, 1.165) is 31.8 Å². The molecule has 1 saturated heterocycles. The molecule has 2 aromatic heterocycles. The van der Waals surface area contributed by atoms with Crippen LogP contribution in [0.3, 0.4) is 0 Å². The van der Waals surface area contributed by atoms with Crippen molar-refractivity contribution in [2.75, 3.05) is 13.2 Å². The van der Waals surface area contributed by atoms with Crippen LogP contribution in [0.25, 0.3) is 0 Å². The number of rotatable bonds is 7. The Labute approximate surface area is 137 Å². The molecule has 0 radical (unpaired) electrons. The van der Waals surface area contributed by atoms with Crippen molar-refractivity contribution in [3.8, 4) is 0 Å². The quantitative estimate of drug-likeness (QED) is 0.727. The highest BCUT2D eigenvalue weighted by Gasteiger charge is 2.35. The summed E-state index contributed by atoms with van der Waals surface area (Å²) in [6.07, 6.45) is 11.9. The largest absolute Gasteiger partial charge is 0.372 e. The zero-order valence-corrected chi connectivity index (χ0v) is 13.9. The van der Waals surface area contributed by atoms with Gasteiger partial charge in [-0.3, -0.25) is 9.58 Å². The summed E-state index contributed by atoms with van der Waals surface area (Å²) in [7, 11) is 4.00. The van der Waals surface area contributed by atoms with Crippen molar-refractivity contribution in [3.05, 3.63) is 48.8 Å². The Hall–Kier alpha value is -1.92. The Morgan fingerprint density at radius 1 is 1.43 bits per heavy atom. The number of ether oxygens (including phenoxy) is 1. The van der Waals surface area contributed by atoms with Crippen molar-refractivity contribution in [2.45, 2.75) is 31.5 Å². The van der Waals surface area contributed by atoms with Gasteiger partial charge in [0.05, 0.1) is 25.5 Å². The first-order valence-corrected chi connectivity index (χ1v) is 8.07. The maximum atomic E-state index is 6.01. The highest BCUT2D eigenvalue weighted by Crippen LogP contribution is 2.26. The van der Waals surface area contributed by atoms with Crippen molar-refractivity contribution in [2.24, 2.45) is 14.1 Å². The van der Waals surface area contributed by atoms with Gasteiger partial charge in [0.15, 0.2) is 0 Å². The van der Waals surface area contributed by atoms with E-state index in [9.17, 15) is 0 Å². The Morgan fingerprint density at radius 2 is 2.30 bits per heavy atom. The Kier molecular flexibility index (Phi) is 4.93. The third kappa shape index (κ3) is 3.71. The number of nitrogens with zero attached hydrogens (tertiary/aromatic N) is 5. The molecule has 0 amide bonds. The van der Waals surface area contributed by atoms with Crippen molar-refractivity contribution >= 4 is 0 Å². The number of aryl methyl sites for hydroxylation is 2. The maximum absolute atomic E-state index is 6.01. The molecule has 0 spiro atoms. The van der Waals surface area contributed by atoms with Gasteiger partial charge in [-0.15, -0.1) is 6.58 Å². The fraction of sp³-hybridized carbons (Fsp3) is 0.529. The van der Waals surface area contributed by atoms with Crippen molar-refractivity contribution in [1.29, 1.82) is 0 Å². The second kappa shape index (κ2) is 7.10. The fourth-order valence-corrected chi connectivity index (χ4v) is 3.28. The molecule has 124 valence electrons. The van der Waals surface area contributed by atoms with Gasteiger partial charge >= 0.3 is 0 Å².